The first-order chi connectivity index (χ1) is 10.2. The van der Waals surface area contributed by atoms with Crippen molar-refractivity contribution in [3.63, 3.8) is 0 Å². The van der Waals surface area contributed by atoms with Crippen LogP contribution in [-0.2, 0) is 6.42 Å². The third-order valence-corrected chi connectivity index (χ3v) is 4.58. The van der Waals surface area contributed by atoms with Gasteiger partial charge in [-0.3, -0.25) is 0 Å². The maximum atomic E-state index is 13.7. The van der Waals surface area contributed by atoms with Gasteiger partial charge in [0.25, 0.3) is 0 Å². The molecule has 1 aliphatic carbocycles. The van der Waals surface area contributed by atoms with E-state index in [9.17, 15) is 4.39 Å². The average molecular weight is 304 g/mol. The molecule has 1 N–H and O–H groups in total. The van der Waals surface area contributed by atoms with Gasteiger partial charge in [-0.1, -0.05) is 48.9 Å². The highest BCUT2D eigenvalue weighted by atomic mass is 35.5. The van der Waals surface area contributed by atoms with Crippen LogP contribution in [0.15, 0.2) is 42.5 Å². The number of rotatable bonds is 5. The van der Waals surface area contributed by atoms with Crippen LogP contribution >= 0.6 is 11.6 Å². The minimum Gasteiger partial charge on any atom is -0.310 e. The highest BCUT2D eigenvalue weighted by molar-refractivity contribution is 6.30. The molecular formula is C18H19ClFN. The summed E-state index contributed by atoms with van der Waals surface area (Å²) in [6, 6.07) is 13.9. The molecule has 0 saturated carbocycles. The van der Waals surface area contributed by atoms with Crippen LogP contribution in [0.4, 0.5) is 4.39 Å². The summed E-state index contributed by atoms with van der Waals surface area (Å²) in [5.41, 5.74) is 3.86. The van der Waals surface area contributed by atoms with Crippen molar-refractivity contribution in [2.24, 2.45) is 0 Å². The third-order valence-electron chi connectivity index (χ3n) is 4.28. The summed E-state index contributed by atoms with van der Waals surface area (Å²) in [5, 5.41) is 3.65. The van der Waals surface area contributed by atoms with Gasteiger partial charge in [-0.25, -0.2) is 4.39 Å². The Labute approximate surface area is 130 Å². The van der Waals surface area contributed by atoms with Gasteiger partial charge in [0.2, 0.25) is 0 Å². The van der Waals surface area contributed by atoms with Crippen molar-refractivity contribution in [3.05, 3.63) is 70.0 Å². The van der Waals surface area contributed by atoms with E-state index in [1.54, 1.807) is 12.1 Å². The molecule has 0 spiro atoms. The summed E-state index contributed by atoms with van der Waals surface area (Å²) in [5.74, 6) is 0.218. The van der Waals surface area contributed by atoms with Gasteiger partial charge in [-0.2, -0.15) is 0 Å². The summed E-state index contributed by atoms with van der Waals surface area (Å²) >= 11 is 5.78. The predicted molar refractivity (Wildman–Crippen MR) is 85.3 cm³/mol. The average Bonchev–Trinajstić information content (AvgIpc) is 2.46. The molecule has 2 aromatic carbocycles. The van der Waals surface area contributed by atoms with Crippen LogP contribution in [0.25, 0.3) is 0 Å². The van der Waals surface area contributed by atoms with Crippen LogP contribution in [0.1, 0.15) is 42.0 Å². The largest absolute Gasteiger partial charge is 0.310 e. The molecule has 0 aromatic heterocycles. The molecule has 21 heavy (non-hydrogen) atoms. The van der Waals surface area contributed by atoms with Gasteiger partial charge < -0.3 is 5.32 Å². The molecule has 0 fully saturated rings. The van der Waals surface area contributed by atoms with E-state index in [1.165, 1.54) is 11.1 Å². The second-order valence-corrected chi connectivity index (χ2v) is 6.03. The number of nitrogens with one attached hydrogen (secondary N) is 1. The lowest BCUT2D eigenvalue weighted by atomic mass is 9.74. The molecule has 3 rings (SSSR count). The second kappa shape index (κ2) is 6.17. The van der Waals surface area contributed by atoms with E-state index in [1.807, 2.05) is 6.07 Å². The van der Waals surface area contributed by atoms with Crippen LogP contribution in [0, 0.1) is 5.82 Å². The molecule has 0 radical (unpaired) electrons. The van der Waals surface area contributed by atoms with E-state index in [4.69, 9.17) is 11.6 Å². The zero-order valence-electron chi connectivity index (χ0n) is 12.1. The Morgan fingerprint density at radius 1 is 1.29 bits per heavy atom. The molecule has 110 valence electrons. The van der Waals surface area contributed by atoms with Crippen LogP contribution in [-0.4, -0.2) is 6.54 Å². The molecular weight excluding hydrogens is 285 g/mol. The Kier molecular flexibility index (Phi) is 4.27. The summed E-state index contributed by atoms with van der Waals surface area (Å²) < 4.78 is 13.7. The lowest BCUT2D eigenvalue weighted by molar-refractivity contribution is 0.434. The molecule has 0 bridgehead atoms. The third kappa shape index (κ3) is 2.97. The van der Waals surface area contributed by atoms with E-state index in [0.29, 0.717) is 5.92 Å². The quantitative estimate of drug-likeness (QED) is 0.832. The van der Waals surface area contributed by atoms with E-state index in [0.717, 1.165) is 24.9 Å². The molecule has 1 nitrogen and oxygen atoms in total. The lowest BCUT2D eigenvalue weighted by Crippen LogP contribution is -2.27. The van der Waals surface area contributed by atoms with Gasteiger partial charge in [0.15, 0.2) is 0 Å². The topological polar surface area (TPSA) is 12.0 Å². The monoisotopic (exact) mass is 303 g/mol. The highest BCUT2D eigenvalue weighted by Gasteiger charge is 2.28. The zero-order valence-corrected chi connectivity index (χ0v) is 12.8. The summed E-state index contributed by atoms with van der Waals surface area (Å²) in [4.78, 5) is 0. The summed E-state index contributed by atoms with van der Waals surface area (Å²) in [6.07, 6.45) is 2.11. The van der Waals surface area contributed by atoms with Gasteiger partial charge in [0.1, 0.15) is 5.82 Å². The van der Waals surface area contributed by atoms with Crippen molar-refractivity contribution in [3.8, 4) is 0 Å². The van der Waals surface area contributed by atoms with Crippen LogP contribution in [0.5, 0.6) is 0 Å². The number of halogens is 2. The second-order valence-electron chi connectivity index (χ2n) is 5.62. The van der Waals surface area contributed by atoms with Gasteiger partial charge in [-0.15, -0.1) is 0 Å². The summed E-state index contributed by atoms with van der Waals surface area (Å²) in [6.45, 7) is 2.94. The minimum atomic E-state index is -0.342. The maximum Gasteiger partial charge on any atom is 0.142 e. The molecule has 0 aliphatic heterocycles. The molecule has 2 unspecified atom stereocenters. The number of fused-ring (bicyclic) bond motifs is 1. The first kappa shape index (κ1) is 14.6. The van der Waals surface area contributed by atoms with Crippen molar-refractivity contribution < 1.29 is 4.39 Å². The number of hydrogen-bond donors (Lipinski definition) is 1. The molecule has 3 heteroatoms. The fourth-order valence-electron chi connectivity index (χ4n) is 3.17. The molecule has 1 aliphatic rings. The van der Waals surface area contributed by atoms with Crippen LogP contribution in [0.2, 0.25) is 5.02 Å². The minimum absolute atomic E-state index is 0.167. The van der Waals surface area contributed by atoms with Crippen LogP contribution < -0.4 is 5.32 Å². The van der Waals surface area contributed by atoms with Crippen molar-refractivity contribution in [2.75, 3.05) is 6.54 Å². The first-order valence-corrected chi connectivity index (χ1v) is 7.83. The standard InChI is InChI=1S/C18H19ClFN/c1-2-21-18(13-7-8-16(19)17(20)10-13)11-14-9-12-5-3-4-6-15(12)14/h3-8,10,14,18,21H,2,9,11H2,1H3. The number of benzene rings is 2. The van der Waals surface area contributed by atoms with Crippen molar-refractivity contribution in [1.29, 1.82) is 0 Å². The molecule has 0 saturated heterocycles. The Morgan fingerprint density at radius 2 is 2.10 bits per heavy atom. The zero-order chi connectivity index (χ0) is 14.8. The predicted octanol–water partition coefficient (Wildman–Crippen LogP) is 4.86. The molecule has 2 atom stereocenters. The van der Waals surface area contributed by atoms with Gasteiger partial charge >= 0.3 is 0 Å². The fraction of sp³-hybridized carbons (Fsp3) is 0.333. The Hall–Kier alpha value is -1.38. The first-order valence-electron chi connectivity index (χ1n) is 7.45. The fourth-order valence-corrected chi connectivity index (χ4v) is 3.29. The van der Waals surface area contributed by atoms with E-state index in [2.05, 4.69) is 36.5 Å². The Balaban J connectivity index is 1.78. The van der Waals surface area contributed by atoms with E-state index < -0.39 is 0 Å². The van der Waals surface area contributed by atoms with Gasteiger partial charge in [0, 0.05) is 6.04 Å². The molecule has 0 heterocycles. The number of hydrogen-bond acceptors (Lipinski definition) is 1. The van der Waals surface area contributed by atoms with E-state index >= 15 is 0 Å². The van der Waals surface area contributed by atoms with Crippen molar-refractivity contribution in [2.45, 2.75) is 31.7 Å². The normalized spacial score (nSPS) is 18.0. The Morgan fingerprint density at radius 3 is 2.81 bits per heavy atom. The van der Waals surface area contributed by atoms with E-state index in [-0.39, 0.29) is 16.9 Å². The Bertz CT molecular complexity index is 641. The van der Waals surface area contributed by atoms with Crippen molar-refractivity contribution in [1.82, 2.24) is 5.32 Å². The SMILES string of the molecule is CCNC(CC1Cc2ccccc21)c1ccc(Cl)c(F)c1. The maximum absolute atomic E-state index is 13.7. The smallest absolute Gasteiger partial charge is 0.142 e. The summed E-state index contributed by atoms with van der Waals surface area (Å²) in [7, 11) is 0. The van der Waals surface area contributed by atoms with Gasteiger partial charge in [0.05, 0.1) is 5.02 Å². The van der Waals surface area contributed by atoms with Gasteiger partial charge in [-0.05, 0) is 54.1 Å². The lowest BCUT2D eigenvalue weighted by Gasteiger charge is -2.33. The molecule has 2 aromatic rings. The molecule has 0 amide bonds. The highest BCUT2D eigenvalue weighted by Crippen LogP contribution is 2.40. The van der Waals surface area contributed by atoms with Crippen molar-refractivity contribution >= 4 is 11.6 Å². The van der Waals surface area contributed by atoms with Crippen LogP contribution in [0.3, 0.4) is 0 Å².